The van der Waals surface area contributed by atoms with Gasteiger partial charge in [0, 0.05) is 26.2 Å². The zero-order valence-electron chi connectivity index (χ0n) is 32.9. The Morgan fingerprint density at radius 2 is 1.62 bits per heavy atom. The van der Waals surface area contributed by atoms with E-state index in [9.17, 15) is 4.79 Å². The third kappa shape index (κ3) is 10.0. The molecule has 0 radical (unpaired) electrons. The highest BCUT2D eigenvalue weighted by Gasteiger charge is 2.59. The molecule has 0 heterocycles. The predicted molar refractivity (Wildman–Crippen MR) is 197 cm³/mol. The molecule has 4 aliphatic rings. The van der Waals surface area contributed by atoms with Crippen LogP contribution < -0.4 is 5.32 Å². The Labute approximate surface area is 295 Å². The van der Waals surface area contributed by atoms with E-state index in [2.05, 4.69) is 73.7 Å². The summed E-state index contributed by atoms with van der Waals surface area (Å²) in [7, 11) is 0. The van der Waals surface area contributed by atoms with E-state index in [1.807, 2.05) is 6.92 Å². The molecule has 0 aromatic carbocycles. The Bertz CT molecular complexity index is 1050. The molecular formula is C42H75NO5. The van der Waals surface area contributed by atoms with Crippen LogP contribution in [0.5, 0.6) is 0 Å². The summed E-state index contributed by atoms with van der Waals surface area (Å²) in [6.45, 7) is 25.9. The molecule has 6 heteroatoms. The van der Waals surface area contributed by atoms with Crippen LogP contribution in [0.25, 0.3) is 0 Å². The SMILES string of the molecule is CCOCCC(C)(C)OCCC(C)(C)OCCNC(=O)O[C@H]1CC[C@@]2(C)C(=CCC3C4CCC(C(C)CCCC(C)C)[C@@]4(C)CCC32)C1. The number of rotatable bonds is 18. The number of allylic oxidation sites excluding steroid dienone is 1. The number of carbonyl (C=O) groups is 1. The molecule has 1 N–H and O–H groups in total. The lowest BCUT2D eigenvalue weighted by Crippen LogP contribution is -2.51. The van der Waals surface area contributed by atoms with Crippen molar-refractivity contribution in [3.05, 3.63) is 11.6 Å². The first kappa shape index (κ1) is 39.7. The fraction of sp³-hybridized carbons (Fsp3) is 0.929. The number of ether oxygens (including phenoxy) is 4. The van der Waals surface area contributed by atoms with Crippen molar-refractivity contribution < 1.29 is 23.7 Å². The second kappa shape index (κ2) is 16.9. The topological polar surface area (TPSA) is 66.0 Å². The van der Waals surface area contributed by atoms with Crippen LogP contribution in [0.1, 0.15) is 153 Å². The van der Waals surface area contributed by atoms with Gasteiger partial charge < -0.3 is 24.3 Å². The Morgan fingerprint density at radius 1 is 0.917 bits per heavy atom. The van der Waals surface area contributed by atoms with Gasteiger partial charge in [0.25, 0.3) is 0 Å². The Morgan fingerprint density at radius 3 is 2.33 bits per heavy atom. The van der Waals surface area contributed by atoms with Gasteiger partial charge in [-0.25, -0.2) is 4.79 Å². The minimum Gasteiger partial charge on any atom is -0.446 e. The zero-order valence-corrected chi connectivity index (χ0v) is 32.9. The van der Waals surface area contributed by atoms with Crippen LogP contribution in [-0.4, -0.2) is 56.4 Å². The van der Waals surface area contributed by atoms with Gasteiger partial charge >= 0.3 is 6.09 Å². The van der Waals surface area contributed by atoms with Gasteiger partial charge in [0.2, 0.25) is 0 Å². The molecule has 0 saturated heterocycles. The number of fused-ring (bicyclic) bond motifs is 5. The molecule has 0 aromatic rings. The highest BCUT2D eigenvalue weighted by Crippen LogP contribution is 2.67. The summed E-state index contributed by atoms with van der Waals surface area (Å²) < 4.78 is 23.7. The lowest BCUT2D eigenvalue weighted by atomic mass is 9.47. The quantitative estimate of drug-likeness (QED) is 0.116. The van der Waals surface area contributed by atoms with Crippen LogP contribution in [0.3, 0.4) is 0 Å². The number of hydrogen-bond acceptors (Lipinski definition) is 5. The largest absolute Gasteiger partial charge is 0.446 e. The second-order valence-electron chi connectivity index (χ2n) is 18.4. The number of nitrogens with one attached hydrogen (secondary N) is 1. The summed E-state index contributed by atoms with van der Waals surface area (Å²) in [6, 6.07) is 0. The van der Waals surface area contributed by atoms with Gasteiger partial charge in [-0.1, -0.05) is 65.5 Å². The van der Waals surface area contributed by atoms with E-state index in [0.29, 0.717) is 31.8 Å². The van der Waals surface area contributed by atoms with Gasteiger partial charge in [-0.15, -0.1) is 0 Å². The zero-order chi connectivity index (χ0) is 35.2. The maximum Gasteiger partial charge on any atom is 0.407 e. The summed E-state index contributed by atoms with van der Waals surface area (Å²) in [5.41, 5.74) is 1.81. The standard InChI is InChI=1S/C42H75NO5/c1-11-45-26-23-39(5,6)46-27-24-40(7,8)47-28-25-43-38(44)48-33-19-21-41(9)32(29-33)15-16-34-36-18-17-35(31(4)14-12-13-30(2)3)42(36,10)22-20-37(34)41/h15,30-31,33-37H,11-14,16-29H2,1-10H3,(H,43,44)/t31?,33-,34?,35?,36?,37?,41-,42+/m0/s1. The third-order valence-corrected chi connectivity index (χ3v) is 13.6. The van der Waals surface area contributed by atoms with Crippen molar-refractivity contribution >= 4 is 6.09 Å². The summed E-state index contributed by atoms with van der Waals surface area (Å²) in [6.07, 6.45) is 18.0. The van der Waals surface area contributed by atoms with E-state index >= 15 is 0 Å². The molecule has 8 atom stereocenters. The molecule has 0 aromatic heterocycles. The average molecular weight is 674 g/mol. The van der Waals surface area contributed by atoms with E-state index in [-0.39, 0.29) is 28.8 Å². The van der Waals surface area contributed by atoms with Crippen molar-refractivity contribution in [1.29, 1.82) is 0 Å². The molecule has 278 valence electrons. The fourth-order valence-corrected chi connectivity index (χ4v) is 10.6. The highest BCUT2D eigenvalue weighted by atomic mass is 16.6. The second-order valence-corrected chi connectivity index (χ2v) is 18.4. The van der Waals surface area contributed by atoms with Crippen molar-refractivity contribution in [2.75, 3.05) is 33.0 Å². The number of amides is 1. The number of alkyl carbamates (subject to hydrolysis) is 1. The Kier molecular flexibility index (Phi) is 14.0. The summed E-state index contributed by atoms with van der Waals surface area (Å²) in [4.78, 5) is 12.8. The van der Waals surface area contributed by atoms with Crippen LogP contribution >= 0.6 is 0 Å². The van der Waals surface area contributed by atoms with Crippen LogP contribution in [0.4, 0.5) is 4.79 Å². The smallest absolute Gasteiger partial charge is 0.407 e. The molecule has 48 heavy (non-hydrogen) atoms. The monoisotopic (exact) mass is 674 g/mol. The van der Waals surface area contributed by atoms with Gasteiger partial charge in [0.05, 0.1) is 24.4 Å². The first-order valence-corrected chi connectivity index (χ1v) is 20.1. The maximum absolute atomic E-state index is 12.8. The van der Waals surface area contributed by atoms with Crippen LogP contribution in [0.15, 0.2) is 11.6 Å². The van der Waals surface area contributed by atoms with Crippen LogP contribution in [0, 0.1) is 46.3 Å². The summed E-state index contributed by atoms with van der Waals surface area (Å²) >= 11 is 0. The van der Waals surface area contributed by atoms with E-state index < -0.39 is 0 Å². The van der Waals surface area contributed by atoms with Crippen molar-refractivity contribution in [2.24, 2.45) is 46.3 Å². The first-order valence-electron chi connectivity index (χ1n) is 20.1. The number of hydrogen-bond donors (Lipinski definition) is 1. The van der Waals surface area contributed by atoms with Gasteiger partial charge in [-0.05, 0) is 139 Å². The van der Waals surface area contributed by atoms with Crippen LogP contribution in [-0.2, 0) is 18.9 Å². The van der Waals surface area contributed by atoms with Crippen molar-refractivity contribution in [1.82, 2.24) is 5.32 Å². The molecule has 4 aliphatic carbocycles. The predicted octanol–water partition coefficient (Wildman–Crippen LogP) is 10.5. The molecule has 5 unspecified atom stereocenters. The van der Waals surface area contributed by atoms with Gasteiger partial charge in [-0.2, -0.15) is 0 Å². The van der Waals surface area contributed by atoms with Gasteiger partial charge in [0.15, 0.2) is 0 Å². The van der Waals surface area contributed by atoms with E-state index in [1.54, 1.807) is 5.57 Å². The van der Waals surface area contributed by atoms with Crippen LogP contribution in [0.2, 0.25) is 0 Å². The van der Waals surface area contributed by atoms with Crippen molar-refractivity contribution in [3.8, 4) is 0 Å². The minimum atomic E-state index is -0.331. The third-order valence-electron chi connectivity index (χ3n) is 13.6. The summed E-state index contributed by atoms with van der Waals surface area (Å²) in [5, 5.41) is 2.95. The van der Waals surface area contributed by atoms with Gasteiger partial charge in [-0.3, -0.25) is 0 Å². The lowest BCUT2D eigenvalue weighted by molar-refractivity contribution is -0.0794. The molecule has 0 spiro atoms. The van der Waals surface area contributed by atoms with E-state index in [1.165, 1.54) is 51.4 Å². The average Bonchev–Trinajstić information content (AvgIpc) is 3.36. The highest BCUT2D eigenvalue weighted by molar-refractivity contribution is 5.67. The molecule has 3 saturated carbocycles. The van der Waals surface area contributed by atoms with E-state index in [0.717, 1.165) is 74.2 Å². The minimum absolute atomic E-state index is 0.0298. The Hall–Kier alpha value is -1.11. The van der Waals surface area contributed by atoms with Crippen molar-refractivity contribution in [3.63, 3.8) is 0 Å². The lowest BCUT2D eigenvalue weighted by Gasteiger charge is -2.58. The molecule has 0 bridgehead atoms. The molecule has 6 nitrogen and oxygen atoms in total. The molecule has 1 amide bonds. The molecule has 4 rings (SSSR count). The summed E-state index contributed by atoms with van der Waals surface area (Å²) in [5.74, 6) is 5.06. The maximum atomic E-state index is 12.8. The normalized spacial score (nSPS) is 32.6. The molecule has 0 aliphatic heterocycles. The first-order chi connectivity index (χ1) is 22.6. The van der Waals surface area contributed by atoms with Crippen molar-refractivity contribution in [2.45, 2.75) is 170 Å². The van der Waals surface area contributed by atoms with E-state index in [4.69, 9.17) is 18.9 Å². The molecule has 3 fully saturated rings. The molecular weight excluding hydrogens is 598 g/mol. The number of carbonyl (C=O) groups excluding carboxylic acids is 1. The Balaban J connectivity index is 1.19. The fourth-order valence-electron chi connectivity index (χ4n) is 10.6. The van der Waals surface area contributed by atoms with Gasteiger partial charge in [0.1, 0.15) is 6.10 Å².